The number of carbonyl (C=O) groups excluding carboxylic acids is 1. The largest absolute Gasteiger partial charge is 0.322 e. The van der Waals surface area contributed by atoms with E-state index in [1.165, 1.54) is 41.0 Å². The van der Waals surface area contributed by atoms with Crippen LogP contribution in [0.4, 0.5) is 11.6 Å². The minimum atomic E-state index is -3.88. The van der Waals surface area contributed by atoms with Crippen LogP contribution < -0.4 is 10.0 Å². The lowest BCUT2D eigenvalue weighted by Gasteiger charge is -2.25. The zero-order chi connectivity index (χ0) is 24.9. The van der Waals surface area contributed by atoms with Gasteiger partial charge in [0.1, 0.15) is 0 Å². The molecule has 0 bridgehead atoms. The molecule has 1 fully saturated rings. The fourth-order valence-corrected chi connectivity index (χ4v) is 6.22. The first-order valence-corrected chi connectivity index (χ1v) is 14.1. The van der Waals surface area contributed by atoms with Crippen molar-refractivity contribution in [1.29, 1.82) is 0 Å². The van der Waals surface area contributed by atoms with Crippen molar-refractivity contribution >= 4 is 37.6 Å². The van der Waals surface area contributed by atoms with Gasteiger partial charge in [-0.1, -0.05) is 18.6 Å². The van der Waals surface area contributed by atoms with Crippen LogP contribution in [0.2, 0.25) is 0 Å². The highest BCUT2D eigenvalue weighted by Gasteiger charge is 2.24. The van der Waals surface area contributed by atoms with Crippen LogP contribution in [0.5, 0.6) is 0 Å². The first-order chi connectivity index (χ1) is 16.7. The lowest BCUT2D eigenvalue weighted by molar-refractivity contribution is 0.102. The number of anilines is 2. The van der Waals surface area contributed by atoms with E-state index in [0.717, 1.165) is 19.3 Å². The predicted octanol–water partition coefficient (Wildman–Crippen LogP) is 2.85. The molecule has 1 aromatic heterocycles. The summed E-state index contributed by atoms with van der Waals surface area (Å²) in [7, 11) is -7.26. The van der Waals surface area contributed by atoms with Crippen molar-refractivity contribution in [2.45, 2.75) is 29.9 Å². The van der Waals surface area contributed by atoms with Gasteiger partial charge in [0.2, 0.25) is 16.0 Å². The van der Waals surface area contributed by atoms with Crippen LogP contribution in [0.3, 0.4) is 0 Å². The SMILES string of the molecule is O=C(Nc1ccc(S(=O)(=O)Nc2ncccn2)cc1)c1ccc(CS(=O)(=O)N2CCCCC2)cc1. The average molecular weight is 516 g/mol. The molecule has 10 nitrogen and oxygen atoms in total. The summed E-state index contributed by atoms with van der Waals surface area (Å²) in [5, 5.41) is 2.70. The van der Waals surface area contributed by atoms with Gasteiger partial charge in [-0.3, -0.25) is 4.79 Å². The molecular formula is C23H25N5O5S2. The highest BCUT2D eigenvalue weighted by molar-refractivity contribution is 7.92. The number of piperidine rings is 1. The standard InChI is InChI=1S/C23H25N5O5S2/c29-22(19-7-5-18(6-8-19)17-34(30,31)28-15-2-1-3-16-28)26-20-9-11-21(12-10-20)35(32,33)27-23-24-13-4-14-25-23/h4-14H,1-3,15-17H2,(H,26,29)(H,24,25,27). The summed E-state index contributed by atoms with van der Waals surface area (Å²) in [5.74, 6) is -0.550. The van der Waals surface area contributed by atoms with Gasteiger partial charge < -0.3 is 5.32 Å². The van der Waals surface area contributed by atoms with Gasteiger partial charge in [-0.25, -0.2) is 35.8 Å². The minimum absolute atomic E-state index is 0.0118. The second-order valence-electron chi connectivity index (χ2n) is 8.07. The third-order valence-corrected chi connectivity index (χ3v) is 8.68. The molecule has 0 saturated carbocycles. The number of hydrogen-bond donors (Lipinski definition) is 2. The third kappa shape index (κ3) is 6.41. The number of aromatic nitrogens is 2. The van der Waals surface area contributed by atoms with E-state index < -0.39 is 26.0 Å². The molecule has 35 heavy (non-hydrogen) atoms. The third-order valence-electron chi connectivity index (χ3n) is 5.49. The van der Waals surface area contributed by atoms with Gasteiger partial charge in [0.15, 0.2) is 0 Å². The number of amides is 1. The van der Waals surface area contributed by atoms with Gasteiger partial charge in [0.05, 0.1) is 10.6 Å². The second-order valence-corrected chi connectivity index (χ2v) is 11.7. The Morgan fingerprint density at radius 2 is 1.49 bits per heavy atom. The molecule has 0 aliphatic carbocycles. The number of nitrogens with one attached hydrogen (secondary N) is 2. The first-order valence-electron chi connectivity index (χ1n) is 11.0. The molecule has 3 aromatic rings. The molecule has 1 saturated heterocycles. The van der Waals surface area contributed by atoms with Crippen LogP contribution in [0.1, 0.15) is 35.2 Å². The van der Waals surface area contributed by atoms with E-state index in [1.807, 2.05) is 0 Å². The lowest BCUT2D eigenvalue weighted by atomic mass is 10.1. The van der Waals surface area contributed by atoms with Crippen molar-refractivity contribution in [2.75, 3.05) is 23.1 Å². The number of rotatable bonds is 8. The molecule has 4 rings (SSSR count). The number of sulfonamides is 2. The predicted molar refractivity (Wildman–Crippen MR) is 132 cm³/mol. The monoisotopic (exact) mass is 515 g/mol. The Labute approximate surface area is 204 Å². The van der Waals surface area contributed by atoms with E-state index in [4.69, 9.17) is 0 Å². The second kappa shape index (κ2) is 10.5. The Balaban J connectivity index is 1.37. The Kier molecular flexibility index (Phi) is 7.43. The molecule has 2 heterocycles. The number of carbonyl (C=O) groups is 1. The van der Waals surface area contributed by atoms with E-state index in [9.17, 15) is 21.6 Å². The Bertz CT molecular complexity index is 1370. The maximum Gasteiger partial charge on any atom is 0.264 e. The highest BCUT2D eigenvalue weighted by Crippen LogP contribution is 2.19. The van der Waals surface area contributed by atoms with Gasteiger partial charge >= 0.3 is 0 Å². The van der Waals surface area contributed by atoms with Crippen molar-refractivity contribution in [3.05, 3.63) is 78.1 Å². The summed E-state index contributed by atoms with van der Waals surface area (Å²) in [6.07, 6.45) is 5.65. The molecule has 184 valence electrons. The summed E-state index contributed by atoms with van der Waals surface area (Å²) in [5.41, 5.74) is 1.36. The normalized spacial score (nSPS) is 14.9. The summed E-state index contributed by atoms with van der Waals surface area (Å²) in [4.78, 5) is 20.3. The van der Waals surface area contributed by atoms with E-state index in [-0.39, 0.29) is 16.6 Å². The number of benzene rings is 2. The van der Waals surface area contributed by atoms with Crippen molar-refractivity contribution in [3.63, 3.8) is 0 Å². The zero-order valence-electron chi connectivity index (χ0n) is 18.8. The Morgan fingerprint density at radius 1 is 0.857 bits per heavy atom. The number of hydrogen-bond acceptors (Lipinski definition) is 7. The highest BCUT2D eigenvalue weighted by atomic mass is 32.2. The van der Waals surface area contributed by atoms with Crippen LogP contribution in [0.25, 0.3) is 0 Å². The molecular weight excluding hydrogens is 490 g/mol. The van der Waals surface area contributed by atoms with E-state index in [2.05, 4.69) is 20.0 Å². The van der Waals surface area contributed by atoms with Gasteiger partial charge in [-0.15, -0.1) is 0 Å². The topological polar surface area (TPSA) is 138 Å². The van der Waals surface area contributed by atoms with Gasteiger partial charge in [0, 0.05) is 36.7 Å². The molecule has 2 N–H and O–H groups in total. The summed E-state index contributed by atoms with van der Waals surface area (Å²) >= 11 is 0. The summed E-state index contributed by atoms with van der Waals surface area (Å²) in [6.45, 7) is 1.11. The molecule has 0 unspecified atom stereocenters. The zero-order valence-corrected chi connectivity index (χ0v) is 20.4. The van der Waals surface area contributed by atoms with E-state index in [0.29, 0.717) is 29.9 Å². The van der Waals surface area contributed by atoms with Crippen LogP contribution in [0.15, 0.2) is 71.9 Å². The molecule has 0 atom stereocenters. The fraction of sp³-hybridized carbons (Fsp3) is 0.261. The molecule has 12 heteroatoms. The van der Waals surface area contributed by atoms with Crippen LogP contribution in [-0.4, -0.2) is 50.1 Å². The van der Waals surface area contributed by atoms with Crippen molar-refractivity contribution in [3.8, 4) is 0 Å². The average Bonchev–Trinajstić information content (AvgIpc) is 2.85. The maximum absolute atomic E-state index is 12.6. The molecule has 0 spiro atoms. The molecule has 0 radical (unpaired) electrons. The van der Waals surface area contributed by atoms with Crippen molar-refractivity contribution in [2.24, 2.45) is 0 Å². The maximum atomic E-state index is 12.6. The smallest absolute Gasteiger partial charge is 0.264 e. The fourth-order valence-electron chi connectivity index (χ4n) is 3.65. The van der Waals surface area contributed by atoms with Crippen LogP contribution in [0, 0.1) is 0 Å². The van der Waals surface area contributed by atoms with Crippen LogP contribution in [-0.2, 0) is 25.8 Å². The first kappa shape index (κ1) is 24.8. The van der Waals surface area contributed by atoms with Crippen molar-refractivity contribution in [1.82, 2.24) is 14.3 Å². The lowest BCUT2D eigenvalue weighted by Crippen LogP contribution is -2.36. The Morgan fingerprint density at radius 3 is 2.11 bits per heavy atom. The molecule has 1 amide bonds. The quantitative estimate of drug-likeness (QED) is 0.470. The molecule has 2 aromatic carbocycles. The van der Waals surface area contributed by atoms with Gasteiger partial charge in [-0.05, 0) is 60.9 Å². The molecule has 1 aliphatic rings. The number of nitrogens with zero attached hydrogens (tertiary/aromatic N) is 3. The summed E-state index contributed by atoms with van der Waals surface area (Å²) < 4.78 is 54.0. The Hall–Kier alpha value is -3.35. The van der Waals surface area contributed by atoms with E-state index >= 15 is 0 Å². The van der Waals surface area contributed by atoms with Gasteiger partial charge in [-0.2, -0.15) is 0 Å². The van der Waals surface area contributed by atoms with Gasteiger partial charge in [0.25, 0.3) is 15.9 Å². The minimum Gasteiger partial charge on any atom is -0.322 e. The van der Waals surface area contributed by atoms with Crippen molar-refractivity contribution < 1.29 is 21.6 Å². The van der Waals surface area contributed by atoms with E-state index in [1.54, 1.807) is 30.3 Å². The van der Waals surface area contributed by atoms with Crippen LogP contribution >= 0.6 is 0 Å². The molecule has 1 aliphatic heterocycles. The summed E-state index contributed by atoms with van der Waals surface area (Å²) in [6, 6.07) is 13.6.